The second kappa shape index (κ2) is 7.12. The molecule has 0 saturated heterocycles. The summed E-state index contributed by atoms with van der Waals surface area (Å²) in [7, 11) is 2.89. The van der Waals surface area contributed by atoms with Gasteiger partial charge in [0.1, 0.15) is 6.33 Å². The lowest BCUT2D eigenvalue weighted by molar-refractivity contribution is 0.00491. The fourth-order valence-corrected chi connectivity index (χ4v) is 2.26. The fourth-order valence-electron chi connectivity index (χ4n) is 2.26. The molecule has 0 aliphatic heterocycles. The van der Waals surface area contributed by atoms with Gasteiger partial charge in [0.25, 0.3) is 5.91 Å². The summed E-state index contributed by atoms with van der Waals surface area (Å²) in [6.45, 7) is 5.47. The summed E-state index contributed by atoms with van der Waals surface area (Å²) < 4.78 is 12.5. The second-order valence-corrected chi connectivity index (χ2v) is 5.35. The average molecular weight is 332 g/mol. The summed E-state index contributed by atoms with van der Waals surface area (Å²) in [6.07, 6.45) is -0.0296. The molecule has 1 atom stereocenters. The van der Waals surface area contributed by atoms with E-state index in [1.807, 2.05) is 26.0 Å². The molecular formula is C16H20N4O4. The van der Waals surface area contributed by atoms with Gasteiger partial charge in [-0.2, -0.15) is 4.99 Å². The molecule has 0 N–H and O–H groups in total. The number of hydrogen-bond donors (Lipinski definition) is 0. The monoisotopic (exact) mass is 332 g/mol. The molecule has 1 heterocycles. The first-order chi connectivity index (χ1) is 11.3. The lowest BCUT2D eigenvalue weighted by Crippen LogP contribution is -2.26. The lowest BCUT2D eigenvalue weighted by Gasteiger charge is -2.15. The minimum absolute atomic E-state index is 0.209. The number of methoxy groups -OCH3 is 1. The Bertz CT molecular complexity index is 835. The van der Waals surface area contributed by atoms with Crippen LogP contribution in [0, 0.1) is 13.8 Å². The zero-order valence-corrected chi connectivity index (χ0v) is 14.3. The molecule has 8 heteroatoms. The normalized spacial score (nSPS) is 12.8. The van der Waals surface area contributed by atoms with Gasteiger partial charge < -0.3 is 9.47 Å². The van der Waals surface area contributed by atoms with Gasteiger partial charge in [-0.15, -0.1) is 0 Å². The second-order valence-electron chi connectivity index (χ2n) is 5.35. The molecule has 0 aliphatic carbocycles. The zero-order valence-electron chi connectivity index (χ0n) is 14.3. The number of carbonyl (C=O) groups excluding carboxylic acids is 2. The van der Waals surface area contributed by atoms with Gasteiger partial charge in [-0.05, 0) is 32.4 Å². The van der Waals surface area contributed by atoms with Crippen LogP contribution >= 0.6 is 0 Å². The molecule has 8 nitrogen and oxygen atoms in total. The minimum Gasteiger partial charge on any atom is -0.438 e. The third-order valence-corrected chi connectivity index (χ3v) is 3.55. The van der Waals surface area contributed by atoms with Crippen LogP contribution in [0.3, 0.4) is 0 Å². The molecule has 128 valence electrons. The number of rotatable bonds is 3. The maximum atomic E-state index is 12.4. The maximum absolute atomic E-state index is 12.4. The van der Waals surface area contributed by atoms with Crippen molar-refractivity contribution in [2.75, 3.05) is 7.11 Å². The van der Waals surface area contributed by atoms with Crippen molar-refractivity contribution in [1.82, 2.24) is 14.3 Å². The summed E-state index contributed by atoms with van der Waals surface area (Å²) >= 11 is 0. The smallest absolute Gasteiger partial charge is 0.438 e. The van der Waals surface area contributed by atoms with Crippen LogP contribution in [-0.4, -0.2) is 33.5 Å². The van der Waals surface area contributed by atoms with Crippen molar-refractivity contribution in [2.24, 2.45) is 12.0 Å². The molecule has 1 amide bonds. The Morgan fingerprint density at radius 3 is 2.62 bits per heavy atom. The van der Waals surface area contributed by atoms with E-state index in [1.54, 1.807) is 20.0 Å². The van der Waals surface area contributed by atoms with E-state index >= 15 is 0 Å². The average Bonchev–Trinajstić information content (AvgIpc) is 2.88. The number of benzene rings is 1. The first-order valence-corrected chi connectivity index (χ1v) is 7.34. The van der Waals surface area contributed by atoms with Crippen LogP contribution in [0.2, 0.25) is 0 Å². The molecular weight excluding hydrogens is 312 g/mol. The van der Waals surface area contributed by atoms with Crippen LogP contribution in [0.25, 0.3) is 0 Å². The van der Waals surface area contributed by atoms with Gasteiger partial charge in [-0.3, -0.25) is 9.48 Å². The Labute approximate surface area is 139 Å². The van der Waals surface area contributed by atoms with Gasteiger partial charge in [0, 0.05) is 12.6 Å². The lowest BCUT2D eigenvalue weighted by atomic mass is 10.1. The summed E-state index contributed by atoms with van der Waals surface area (Å²) in [5.41, 5.74) is 2.66. The number of ether oxygens (including phenoxy) is 2. The van der Waals surface area contributed by atoms with Gasteiger partial charge in [0.15, 0.2) is 6.23 Å². The summed E-state index contributed by atoms with van der Waals surface area (Å²) in [5.74, 6) is -0.380. The van der Waals surface area contributed by atoms with Crippen molar-refractivity contribution in [3.8, 4) is 0 Å². The van der Waals surface area contributed by atoms with Gasteiger partial charge >= 0.3 is 6.16 Å². The Morgan fingerprint density at radius 1 is 1.29 bits per heavy atom. The number of aryl methyl sites for hydroxylation is 2. The highest BCUT2D eigenvalue weighted by molar-refractivity contribution is 5.96. The molecule has 2 aromatic rings. The van der Waals surface area contributed by atoms with Crippen LogP contribution in [-0.2, 0) is 16.5 Å². The van der Waals surface area contributed by atoms with E-state index in [0.29, 0.717) is 5.56 Å². The number of nitrogens with zero attached hydrogens (tertiary/aromatic N) is 4. The highest BCUT2D eigenvalue weighted by Gasteiger charge is 2.14. The standard InChI is InChI=1S/C16H20N4O4/c1-10-6-7-13(11(2)8-10)14(21)18-15-17-9-20(19(15)4)12(3)24-16(22)23-5/h6-9,12H,1-5H3. The molecule has 1 aromatic heterocycles. The number of hydrogen-bond acceptors (Lipinski definition) is 5. The van der Waals surface area contributed by atoms with Gasteiger partial charge in [0.2, 0.25) is 5.62 Å². The molecule has 0 fully saturated rings. The van der Waals surface area contributed by atoms with Crippen LogP contribution in [0.15, 0.2) is 29.5 Å². The minimum atomic E-state index is -0.805. The van der Waals surface area contributed by atoms with Crippen molar-refractivity contribution in [3.63, 3.8) is 0 Å². The van der Waals surface area contributed by atoms with Crippen molar-refractivity contribution in [1.29, 1.82) is 0 Å². The van der Waals surface area contributed by atoms with Crippen LogP contribution < -0.4 is 5.62 Å². The Morgan fingerprint density at radius 2 is 2.00 bits per heavy atom. The van der Waals surface area contributed by atoms with E-state index in [4.69, 9.17) is 4.74 Å². The molecule has 2 rings (SSSR count). The third-order valence-electron chi connectivity index (χ3n) is 3.55. The zero-order chi connectivity index (χ0) is 17.9. The van der Waals surface area contributed by atoms with E-state index in [9.17, 15) is 9.59 Å². The Balaban J connectivity index is 2.31. The molecule has 1 aromatic carbocycles. The summed E-state index contributed by atoms with van der Waals surface area (Å²) in [4.78, 5) is 31.7. The largest absolute Gasteiger partial charge is 0.509 e. The summed E-state index contributed by atoms with van der Waals surface area (Å²) in [5, 5.41) is 0. The van der Waals surface area contributed by atoms with Gasteiger partial charge in [-0.25, -0.2) is 14.5 Å². The molecule has 0 bridgehead atoms. The van der Waals surface area contributed by atoms with Crippen molar-refractivity contribution >= 4 is 12.1 Å². The maximum Gasteiger partial charge on any atom is 0.509 e. The quantitative estimate of drug-likeness (QED) is 0.801. The first-order valence-electron chi connectivity index (χ1n) is 7.34. The Kier molecular flexibility index (Phi) is 5.18. The third kappa shape index (κ3) is 3.70. The molecule has 24 heavy (non-hydrogen) atoms. The van der Waals surface area contributed by atoms with Crippen LogP contribution in [0.4, 0.5) is 4.79 Å². The van der Waals surface area contributed by atoms with Gasteiger partial charge in [-0.1, -0.05) is 17.7 Å². The molecule has 0 aliphatic rings. The van der Waals surface area contributed by atoms with E-state index in [2.05, 4.69) is 14.7 Å². The van der Waals surface area contributed by atoms with E-state index < -0.39 is 12.4 Å². The topological polar surface area (TPSA) is 87.7 Å². The highest BCUT2D eigenvalue weighted by atomic mass is 16.7. The predicted molar refractivity (Wildman–Crippen MR) is 85.2 cm³/mol. The van der Waals surface area contributed by atoms with Crippen LogP contribution in [0.1, 0.15) is 34.6 Å². The van der Waals surface area contributed by atoms with Crippen molar-refractivity contribution in [3.05, 3.63) is 46.8 Å². The molecule has 1 unspecified atom stereocenters. The molecule has 0 saturated carbocycles. The number of amides is 1. The van der Waals surface area contributed by atoms with E-state index in [1.165, 1.54) is 22.8 Å². The molecule has 0 radical (unpaired) electrons. The SMILES string of the molecule is COC(=O)OC(C)n1cnc(=NC(=O)c2ccc(C)cc2C)n1C. The summed E-state index contributed by atoms with van der Waals surface area (Å²) in [6, 6.07) is 5.53. The van der Waals surface area contributed by atoms with Crippen molar-refractivity contribution in [2.45, 2.75) is 27.0 Å². The van der Waals surface area contributed by atoms with E-state index in [-0.39, 0.29) is 11.5 Å². The van der Waals surface area contributed by atoms with Gasteiger partial charge in [0.05, 0.1) is 7.11 Å². The first kappa shape index (κ1) is 17.5. The Hall–Kier alpha value is -2.90. The van der Waals surface area contributed by atoms with E-state index in [0.717, 1.165) is 11.1 Å². The number of carbonyl (C=O) groups is 2. The van der Waals surface area contributed by atoms with Crippen molar-refractivity contribution < 1.29 is 19.1 Å². The highest BCUT2D eigenvalue weighted by Crippen LogP contribution is 2.11. The fraction of sp³-hybridized carbons (Fsp3) is 0.375. The molecule has 0 spiro atoms. The number of aromatic nitrogens is 3. The predicted octanol–water partition coefficient (Wildman–Crippen LogP) is 1.88. The van der Waals surface area contributed by atoms with Crippen LogP contribution in [0.5, 0.6) is 0 Å².